The topological polar surface area (TPSA) is 133 Å². The van der Waals surface area contributed by atoms with Crippen LogP contribution in [0.3, 0.4) is 0 Å². The molecule has 51 heavy (non-hydrogen) atoms. The van der Waals surface area contributed by atoms with E-state index in [1.165, 1.54) is 0 Å². The van der Waals surface area contributed by atoms with E-state index in [0.717, 1.165) is 6.42 Å². The smallest absolute Gasteiger partial charge is 0.171 e. The quantitative estimate of drug-likeness (QED) is 0.0866. The van der Waals surface area contributed by atoms with Gasteiger partial charge in [-0.25, -0.2) is 0 Å². The van der Waals surface area contributed by atoms with Gasteiger partial charge in [-0.3, -0.25) is 0 Å². The number of anilines is 3. The van der Waals surface area contributed by atoms with Crippen molar-refractivity contribution in [2.24, 2.45) is 5.41 Å². The molecule has 3 rings (SSSR count). The van der Waals surface area contributed by atoms with E-state index in [9.17, 15) is 15.3 Å². The number of halogens is 3. The van der Waals surface area contributed by atoms with Crippen molar-refractivity contribution < 1.29 is 15.3 Å². The van der Waals surface area contributed by atoms with Crippen LogP contribution in [-0.4, -0.2) is 47.8 Å². The predicted octanol–water partition coefficient (Wildman–Crippen LogP) is 10.4. The molecule has 0 bridgehead atoms. The van der Waals surface area contributed by atoms with E-state index in [1.54, 1.807) is 54.6 Å². The minimum Gasteiger partial charge on any atom is -0.504 e. The zero-order chi connectivity index (χ0) is 39.3. The lowest BCUT2D eigenvalue weighted by atomic mass is 9.82. The molecule has 282 valence electrons. The van der Waals surface area contributed by atoms with E-state index < -0.39 is 0 Å². The number of para-hydroxylation sites is 3. The van der Waals surface area contributed by atoms with E-state index in [-0.39, 0.29) is 39.8 Å². The highest BCUT2D eigenvalue weighted by molar-refractivity contribution is 7.80. The second-order valence-electron chi connectivity index (χ2n) is 14.7. The average molecular weight is 818 g/mol. The molecule has 0 aliphatic carbocycles. The molecule has 0 aliphatic heterocycles. The van der Waals surface area contributed by atoms with Crippen molar-refractivity contribution in [3.63, 3.8) is 0 Å². The van der Waals surface area contributed by atoms with E-state index in [4.69, 9.17) is 71.5 Å². The summed E-state index contributed by atoms with van der Waals surface area (Å²) in [6.45, 7) is 20.7. The summed E-state index contributed by atoms with van der Waals surface area (Å²) in [5.74, 6) is 0.0150. The molecule has 9 nitrogen and oxygen atoms in total. The molecule has 0 fully saturated rings. The fraction of sp³-hybridized carbons (Fsp3) is 0.417. The largest absolute Gasteiger partial charge is 0.504 e. The van der Waals surface area contributed by atoms with Gasteiger partial charge in [-0.15, -0.1) is 0 Å². The molecule has 0 saturated carbocycles. The Hall–Kier alpha value is -3.00. The van der Waals surface area contributed by atoms with Crippen molar-refractivity contribution in [3.8, 4) is 17.2 Å². The van der Waals surface area contributed by atoms with Crippen molar-refractivity contribution in [1.82, 2.24) is 16.0 Å². The first kappa shape index (κ1) is 46.0. The van der Waals surface area contributed by atoms with Crippen LogP contribution in [0.2, 0.25) is 15.1 Å². The Labute approximate surface area is 334 Å². The van der Waals surface area contributed by atoms with Crippen LogP contribution >= 0.6 is 71.5 Å². The maximum atomic E-state index is 9.85. The van der Waals surface area contributed by atoms with Gasteiger partial charge in [-0.2, -0.15) is 0 Å². The molecule has 3 aromatic carbocycles. The summed E-state index contributed by atoms with van der Waals surface area (Å²) in [6.07, 6.45) is 0.962. The molecule has 0 amide bonds. The fourth-order valence-electron chi connectivity index (χ4n) is 4.59. The van der Waals surface area contributed by atoms with Crippen LogP contribution in [0.15, 0.2) is 54.6 Å². The van der Waals surface area contributed by atoms with Gasteiger partial charge in [-0.05, 0) is 133 Å². The van der Waals surface area contributed by atoms with Gasteiger partial charge >= 0.3 is 0 Å². The maximum Gasteiger partial charge on any atom is 0.171 e. The number of nitrogens with one attached hydrogen (secondary N) is 6. The summed E-state index contributed by atoms with van der Waals surface area (Å²) in [7, 11) is 0. The van der Waals surface area contributed by atoms with Crippen molar-refractivity contribution in [2.75, 3.05) is 16.0 Å². The van der Waals surface area contributed by atoms with Gasteiger partial charge in [0.1, 0.15) is 0 Å². The Morgan fingerprint density at radius 1 is 0.588 bits per heavy atom. The third-order valence-corrected chi connectivity index (χ3v) is 7.58. The van der Waals surface area contributed by atoms with Crippen molar-refractivity contribution in [3.05, 3.63) is 69.7 Å². The predicted molar refractivity (Wildman–Crippen MR) is 230 cm³/mol. The number of phenolic OH excluding ortho intramolecular Hbond substituents is 3. The summed E-state index contributed by atoms with van der Waals surface area (Å²) in [5.41, 5.74) is 1.43. The molecule has 15 heteroatoms. The number of hydrogen-bond acceptors (Lipinski definition) is 6. The van der Waals surface area contributed by atoms with Crippen molar-refractivity contribution >= 4 is 104 Å². The van der Waals surface area contributed by atoms with Crippen molar-refractivity contribution in [1.29, 1.82) is 0 Å². The zero-order valence-corrected chi connectivity index (χ0v) is 35.4. The molecule has 9 N–H and O–H groups in total. The number of benzene rings is 3. The summed E-state index contributed by atoms with van der Waals surface area (Å²) in [5, 5.41) is 49.5. The highest BCUT2D eigenvalue weighted by Crippen LogP contribution is 2.33. The number of phenols is 3. The third-order valence-electron chi connectivity index (χ3n) is 6.04. The average Bonchev–Trinajstić information content (AvgIpc) is 2.94. The van der Waals surface area contributed by atoms with E-state index >= 15 is 0 Å². The second kappa shape index (κ2) is 20.3. The standard InChI is InChI=1S/C15H23ClN2OS.C11H15ClN2OS.C10H13ClN2OS/c1-14(2,3)9-15(4,5)18-13(20)17-11-8-6-7-10(16)12(11)19;1-11(2,3)14-10(16)13-8-6-4-5-7(12)9(8)15;1-6(2)12-10(15)13-8-5-3-4-7(11)9(8)14/h6-8,19H,9H2,1-5H3,(H2,17,18,20);4-6,15H,1-3H3,(H2,13,14,16);3-6,14H,1-2H3,(H2,12,13,15). The molecule has 0 radical (unpaired) electrons. The summed E-state index contributed by atoms with van der Waals surface area (Å²) in [6, 6.07) is 15.5. The van der Waals surface area contributed by atoms with Gasteiger partial charge in [0.2, 0.25) is 0 Å². The first-order valence-corrected chi connectivity index (χ1v) is 18.3. The lowest BCUT2D eigenvalue weighted by molar-refractivity contribution is 0.268. The van der Waals surface area contributed by atoms with Crippen molar-refractivity contribution in [2.45, 2.75) is 92.8 Å². The van der Waals surface area contributed by atoms with Crippen LogP contribution < -0.4 is 31.9 Å². The Kier molecular flexibility index (Phi) is 18.3. The first-order chi connectivity index (χ1) is 23.3. The summed E-state index contributed by atoms with van der Waals surface area (Å²) >= 11 is 32.8. The van der Waals surface area contributed by atoms with E-state index in [2.05, 4.69) is 66.5 Å². The van der Waals surface area contributed by atoms with Gasteiger partial charge in [0.25, 0.3) is 0 Å². The number of aromatic hydroxyl groups is 3. The number of rotatable bonds is 6. The molecule has 0 spiro atoms. The fourth-order valence-corrected chi connectivity index (χ4v) is 6.27. The van der Waals surface area contributed by atoms with Gasteiger partial charge in [0.05, 0.1) is 32.1 Å². The van der Waals surface area contributed by atoms with E-state index in [0.29, 0.717) is 47.5 Å². The van der Waals surface area contributed by atoms with Crippen LogP contribution in [-0.2, 0) is 0 Å². The first-order valence-electron chi connectivity index (χ1n) is 16.0. The zero-order valence-electron chi connectivity index (χ0n) is 30.7. The molecule has 0 unspecified atom stereocenters. The molecule has 0 saturated heterocycles. The summed E-state index contributed by atoms with van der Waals surface area (Å²) < 4.78 is 0. The Morgan fingerprint density at radius 2 is 0.922 bits per heavy atom. The molecule has 0 heterocycles. The molecule has 0 aromatic heterocycles. The van der Waals surface area contributed by atoms with Crippen LogP contribution in [0.4, 0.5) is 17.1 Å². The highest BCUT2D eigenvalue weighted by Gasteiger charge is 2.26. The van der Waals surface area contributed by atoms with Gasteiger partial charge in [0, 0.05) is 17.1 Å². The minimum atomic E-state index is -0.142. The Balaban J connectivity index is 0.000000387. The monoisotopic (exact) mass is 816 g/mol. The number of hydrogen-bond donors (Lipinski definition) is 9. The van der Waals surface area contributed by atoms with Gasteiger partial charge < -0.3 is 47.2 Å². The molecule has 3 aromatic rings. The van der Waals surface area contributed by atoms with Crippen LogP contribution in [0.5, 0.6) is 17.2 Å². The van der Waals surface area contributed by atoms with Crippen LogP contribution in [0, 0.1) is 5.41 Å². The highest BCUT2D eigenvalue weighted by atomic mass is 35.5. The van der Waals surface area contributed by atoms with Gasteiger partial charge in [-0.1, -0.05) is 73.8 Å². The minimum absolute atomic E-state index is 0.00206. The lowest BCUT2D eigenvalue weighted by Crippen LogP contribution is -2.47. The molecular formula is C36H51Cl3N6O3S3. The third kappa shape index (κ3) is 18.9. The van der Waals surface area contributed by atoms with Gasteiger partial charge in [0.15, 0.2) is 32.6 Å². The number of thiocarbonyl (C=S) groups is 3. The van der Waals surface area contributed by atoms with E-state index in [1.807, 2.05) is 34.6 Å². The Morgan fingerprint density at radius 3 is 1.24 bits per heavy atom. The van der Waals surface area contributed by atoms with Crippen LogP contribution in [0.1, 0.15) is 75.7 Å². The molecule has 0 aliphatic rings. The molecular weight excluding hydrogens is 767 g/mol. The summed E-state index contributed by atoms with van der Waals surface area (Å²) in [4.78, 5) is 0. The normalized spacial score (nSPS) is 11.2. The lowest BCUT2D eigenvalue weighted by Gasteiger charge is -2.34. The van der Waals surface area contributed by atoms with Crippen LogP contribution in [0.25, 0.3) is 0 Å². The maximum absolute atomic E-state index is 9.85. The SMILES string of the molecule is CC(C)(C)CC(C)(C)NC(=S)Nc1cccc(Cl)c1O.CC(C)(C)NC(=S)Nc1cccc(Cl)c1O.CC(C)NC(=S)Nc1cccc(Cl)c1O. The second-order valence-corrected chi connectivity index (χ2v) is 17.1. The Bertz CT molecular complexity index is 1640. The molecule has 0 atom stereocenters.